The van der Waals surface area contributed by atoms with E-state index in [1.54, 1.807) is 0 Å². The molecule has 0 bridgehead atoms. The molecule has 0 aromatic heterocycles. The van der Waals surface area contributed by atoms with Crippen molar-refractivity contribution >= 4 is 0 Å². The van der Waals surface area contributed by atoms with Crippen LogP contribution in [0.4, 0.5) is 0 Å². The van der Waals surface area contributed by atoms with Crippen LogP contribution in [0.15, 0.2) is 42.5 Å². The summed E-state index contributed by atoms with van der Waals surface area (Å²) in [7, 11) is 0. The minimum absolute atomic E-state index is 0.237. The second kappa shape index (κ2) is 9.84. The summed E-state index contributed by atoms with van der Waals surface area (Å²) in [4.78, 5) is 0. The Kier molecular flexibility index (Phi) is 6.95. The lowest BCUT2D eigenvalue weighted by molar-refractivity contribution is 0.171. The number of hydrogen-bond acceptors (Lipinski definition) is 5. The van der Waals surface area contributed by atoms with Gasteiger partial charge < -0.3 is 19.5 Å². The molecule has 1 heterocycles. The van der Waals surface area contributed by atoms with E-state index < -0.39 is 0 Å². The van der Waals surface area contributed by atoms with E-state index in [0.717, 1.165) is 36.6 Å². The van der Waals surface area contributed by atoms with E-state index in [-0.39, 0.29) is 6.04 Å². The second-order valence-corrected chi connectivity index (χ2v) is 6.50. The Morgan fingerprint density at radius 2 is 2.00 bits per heavy atom. The molecule has 1 atom stereocenters. The Morgan fingerprint density at radius 1 is 1.15 bits per heavy atom. The molecule has 2 aromatic rings. The highest BCUT2D eigenvalue weighted by molar-refractivity contribution is 5.44. The molecule has 0 radical (unpaired) electrons. The molecule has 0 amide bonds. The molecule has 3 rings (SSSR count). The van der Waals surface area contributed by atoms with Crippen LogP contribution >= 0.6 is 0 Å². The van der Waals surface area contributed by atoms with Crippen LogP contribution in [0.3, 0.4) is 0 Å². The first kappa shape index (κ1) is 19.1. The summed E-state index contributed by atoms with van der Waals surface area (Å²) < 4.78 is 17.0. The third kappa shape index (κ3) is 5.38. The monoisotopic (exact) mass is 366 g/mol. The number of ether oxygens (including phenoxy) is 3. The van der Waals surface area contributed by atoms with Gasteiger partial charge in [0, 0.05) is 19.0 Å². The highest BCUT2D eigenvalue weighted by Crippen LogP contribution is 2.33. The maximum atomic E-state index is 8.58. The third-order valence-corrected chi connectivity index (χ3v) is 4.53. The molecule has 0 saturated carbocycles. The molecule has 2 aromatic carbocycles. The number of nitrogens with zero attached hydrogens (tertiary/aromatic N) is 1. The molecule has 0 aliphatic carbocycles. The van der Waals surface area contributed by atoms with Gasteiger partial charge in [0.15, 0.2) is 11.5 Å². The third-order valence-electron chi connectivity index (χ3n) is 4.53. The summed E-state index contributed by atoms with van der Waals surface area (Å²) in [6.45, 7) is 4.70. The van der Waals surface area contributed by atoms with Crippen LogP contribution in [-0.4, -0.2) is 19.8 Å². The van der Waals surface area contributed by atoms with Gasteiger partial charge in [0.1, 0.15) is 19.0 Å². The predicted octanol–water partition coefficient (Wildman–Crippen LogP) is 4.38. The molecular formula is C22H26N2O3. The highest BCUT2D eigenvalue weighted by atomic mass is 16.6. The molecule has 1 unspecified atom stereocenters. The lowest BCUT2D eigenvalue weighted by Crippen LogP contribution is -2.21. The average Bonchev–Trinajstić information content (AvgIpc) is 2.72. The number of hydrogen-bond donors (Lipinski definition) is 1. The Balaban J connectivity index is 1.58. The van der Waals surface area contributed by atoms with E-state index in [0.29, 0.717) is 26.2 Å². The van der Waals surface area contributed by atoms with E-state index in [1.165, 1.54) is 11.1 Å². The zero-order chi connectivity index (χ0) is 18.9. The van der Waals surface area contributed by atoms with Gasteiger partial charge in [0.05, 0.1) is 12.7 Å². The predicted molar refractivity (Wildman–Crippen MR) is 104 cm³/mol. The summed E-state index contributed by atoms with van der Waals surface area (Å²) in [5.74, 6) is 2.49. The van der Waals surface area contributed by atoms with Crippen LogP contribution in [0.2, 0.25) is 0 Å². The van der Waals surface area contributed by atoms with Gasteiger partial charge in [-0.25, -0.2) is 0 Å². The van der Waals surface area contributed by atoms with Crippen molar-refractivity contribution in [3.05, 3.63) is 53.6 Å². The molecule has 5 heteroatoms. The average molecular weight is 366 g/mol. The fourth-order valence-electron chi connectivity index (χ4n) is 3.10. The molecule has 1 aliphatic heterocycles. The molecule has 0 fully saturated rings. The van der Waals surface area contributed by atoms with E-state index in [9.17, 15) is 0 Å². The molecule has 0 saturated heterocycles. The maximum Gasteiger partial charge on any atom is 0.161 e. The Bertz CT molecular complexity index is 785. The summed E-state index contributed by atoms with van der Waals surface area (Å²) in [5, 5.41) is 12.2. The molecule has 27 heavy (non-hydrogen) atoms. The Labute approximate surface area is 160 Å². The van der Waals surface area contributed by atoms with Gasteiger partial charge >= 0.3 is 0 Å². The number of rotatable bonds is 9. The Hall–Kier alpha value is -2.71. The summed E-state index contributed by atoms with van der Waals surface area (Å²) in [5.41, 5.74) is 2.37. The largest absolute Gasteiger partial charge is 0.494 e. The van der Waals surface area contributed by atoms with Crippen LogP contribution in [0.1, 0.15) is 43.4 Å². The van der Waals surface area contributed by atoms with Crippen molar-refractivity contribution in [1.82, 2.24) is 5.32 Å². The first-order chi connectivity index (χ1) is 13.3. The SMILES string of the molecule is CCC(NCc1cccc(OCCCC#N)c1)c1ccc2c(c1)OCCO2. The van der Waals surface area contributed by atoms with E-state index in [4.69, 9.17) is 19.5 Å². The van der Waals surface area contributed by atoms with Gasteiger partial charge in [-0.15, -0.1) is 0 Å². The molecule has 0 spiro atoms. The van der Waals surface area contributed by atoms with Crippen molar-refractivity contribution < 1.29 is 14.2 Å². The van der Waals surface area contributed by atoms with Gasteiger partial charge in [0.2, 0.25) is 0 Å². The van der Waals surface area contributed by atoms with E-state index in [2.05, 4.69) is 42.6 Å². The van der Waals surface area contributed by atoms with Gasteiger partial charge in [-0.3, -0.25) is 0 Å². The summed E-state index contributed by atoms with van der Waals surface area (Å²) in [6.07, 6.45) is 2.25. The van der Waals surface area contributed by atoms with Gasteiger partial charge in [-0.2, -0.15) is 5.26 Å². The first-order valence-corrected chi connectivity index (χ1v) is 9.51. The summed E-state index contributed by atoms with van der Waals surface area (Å²) >= 11 is 0. The molecule has 5 nitrogen and oxygen atoms in total. The first-order valence-electron chi connectivity index (χ1n) is 9.51. The van der Waals surface area contributed by atoms with Crippen molar-refractivity contribution in [1.29, 1.82) is 5.26 Å². The highest BCUT2D eigenvalue weighted by Gasteiger charge is 2.15. The fourth-order valence-corrected chi connectivity index (χ4v) is 3.10. The number of fused-ring (bicyclic) bond motifs is 1. The van der Waals surface area contributed by atoms with E-state index >= 15 is 0 Å². The van der Waals surface area contributed by atoms with Crippen LogP contribution in [0.25, 0.3) is 0 Å². The fraction of sp³-hybridized carbons (Fsp3) is 0.409. The lowest BCUT2D eigenvalue weighted by Gasteiger charge is -2.22. The summed E-state index contributed by atoms with van der Waals surface area (Å²) in [6, 6.07) is 16.6. The number of nitrogens with one attached hydrogen (secondary N) is 1. The lowest BCUT2D eigenvalue weighted by atomic mass is 10.0. The number of nitriles is 1. The minimum Gasteiger partial charge on any atom is -0.494 e. The topological polar surface area (TPSA) is 63.5 Å². The van der Waals surface area contributed by atoms with Crippen LogP contribution in [0, 0.1) is 11.3 Å². The van der Waals surface area contributed by atoms with Crippen LogP contribution in [0.5, 0.6) is 17.2 Å². The van der Waals surface area contributed by atoms with Crippen molar-refractivity contribution in [2.45, 2.75) is 38.8 Å². The molecule has 142 valence electrons. The van der Waals surface area contributed by atoms with Crippen LogP contribution < -0.4 is 19.5 Å². The van der Waals surface area contributed by atoms with Crippen molar-refractivity contribution in [2.24, 2.45) is 0 Å². The normalized spacial score (nSPS) is 13.6. The standard InChI is InChI=1S/C22H26N2O3/c1-2-20(18-8-9-21-22(15-18)27-13-12-26-21)24-16-17-6-5-7-19(14-17)25-11-4-3-10-23/h5-9,14-15,20,24H,2-4,11-13,16H2,1H3. The molecular weight excluding hydrogens is 340 g/mol. The second-order valence-electron chi connectivity index (χ2n) is 6.50. The molecule has 1 aliphatic rings. The molecule has 1 N–H and O–H groups in total. The zero-order valence-electron chi connectivity index (χ0n) is 15.7. The zero-order valence-corrected chi connectivity index (χ0v) is 15.7. The van der Waals surface area contributed by atoms with Gasteiger partial charge in [-0.05, 0) is 48.2 Å². The minimum atomic E-state index is 0.237. The Morgan fingerprint density at radius 3 is 2.81 bits per heavy atom. The van der Waals surface area contributed by atoms with Crippen LogP contribution in [-0.2, 0) is 6.54 Å². The van der Waals surface area contributed by atoms with Crippen molar-refractivity contribution in [3.8, 4) is 23.3 Å². The number of benzene rings is 2. The van der Waals surface area contributed by atoms with Gasteiger partial charge in [-0.1, -0.05) is 25.1 Å². The van der Waals surface area contributed by atoms with Crippen molar-refractivity contribution in [3.63, 3.8) is 0 Å². The smallest absolute Gasteiger partial charge is 0.161 e. The van der Waals surface area contributed by atoms with E-state index in [1.807, 2.05) is 18.2 Å². The van der Waals surface area contributed by atoms with Gasteiger partial charge in [0.25, 0.3) is 0 Å². The quantitative estimate of drug-likeness (QED) is 0.667. The van der Waals surface area contributed by atoms with Crippen molar-refractivity contribution in [2.75, 3.05) is 19.8 Å². The maximum absolute atomic E-state index is 8.58. The number of unbranched alkanes of at least 4 members (excludes halogenated alkanes) is 1.